The second-order valence-electron chi connectivity index (χ2n) is 8.58. The molecule has 28 heavy (non-hydrogen) atoms. The predicted octanol–water partition coefficient (Wildman–Crippen LogP) is 3.87. The standard InChI is InChI=1S/C22H34N2O4/c1-22(2,3)28-21(26)24-13-9-10-17(16-24)15-23(4)19(14-20(25)27-5)18-11-7-6-8-12-18/h6-8,11-12,17,19H,9-10,13-16H2,1-5H3/t17-,19-/m0/s1. The van der Waals surface area contributed by atoms with Crippen LogP contribution in [0, 0.1) is 5.92 Å². The minimum absolute atomic E-state index is 0.0504. The van der Waals surface area contributed by atoms with Crippen LogP contribution >= 0.6 is 0 Å². The van der Waals surface area contributed by atoms with Crippen LogP contribution in [0.4, 0.5) is 4.79 Å². The Bertz CT molecular complexity index is 642. The van der Waals surface area contributed by atoms with E-state index in [4.69, 9.17) is 9.47 Å². The molecule has 0 unspecified atom stereocenters. The Labute approximate surface area is 168 Å². The molecule has 1 aliphatic rings. The van der Waals surface area contributed by atoms with Gasteiger partial charge in [-0.15, -0.1) is 0 Å². The molecule has 1 fully saturated rings. The molecule has 1 saturated heterocycles. The van der Waals surface area contributed by atoms with Gasteiger partial charge in [-0.1, -0.05) is 30.3 Å². The number of amides is 1. The van der Waals surface area contributed by atoms with E-state index in [-0.39, 0.29) is 18.1 Å². The first-order valence-corrected chi connectivity index (χ1v) is 9.99. The average Bonchev–Trinajstić information content (AvgIpc) is 2.65. The fraction of sp³-hybridized carbons (Fsp3) is 0.636. The van der Waals surface area contributed by atoms with Crippen LogP contribution in [0.3, 0.4) is 0 Å². The highest BCUT2D eigenvalue weighted by Crippen LogP contribution is 2.27. The molecule has 6 nitrogen and oxygen atoms in total. The van der Waals surface area contributed by atoms with Crippen LogP contribution in [-0.4, -0.2) is 61.3 Å². The number of carbonyl (C=O) groups excluding carboxylic acids is 2. The van der Waals surface area contributed by atoms with Gasteiger partial charge < -0.3 is 14.4 Å². The number of carbonyl (C=O) groups is 2. The first-order chi connectivity index (χ1) is 13.2. The molecule has 0 radical (unpaired) electrons. The van der Waals surface area contributed by atoms with E-state index in [1.807, 2.05) is 63.1 Å². The lowest BCUT2D eigenvalue weighted by molar-refractivity contribution is -0.142. The molecule has 1 amide bonds. The normalized spacial score (nSPS) is 18.6. The number of benzene rings is 1. The van der Waals surface area contributed by atoms with Crippen LogP contribution < -0.4 is 0 Å². The zero-order valence-corrected chi connectivity index (χ0v) is 17.8. The molecule has 156 valence electrons. The lowest BCUT2D eigenvalue weighted by Gasteiger charge is -2.37. The van der Waals surface area contributed by atoms with Crippen molar-refractivity contribution in [3.8, 4) is 0 Å². The van der Waals surface area contributed by atoms with E-state index in [0.29, 0.717) is 18.9 Å². The Morgan fingerprint density at radius 1 is 1.25 bits per heavy atom. The molecule has 6 heteroatoms. The summed E-state index contributed by atoms with van der Waals surface area (Å²) < 4.78 is 10.4. The van der Waals surface area contributed by atoms with E-state index in [2.05, 4.69) is 4.90 Å². The van der Waals surface area contributed by atoms with Gasteiger partial charge in [-0.05, 0) is 52.1 Å². The summed E-state index contributed by atoms with van der Waals surface area (Å²) in [4.78, 5) is 28.4. The Morgan fingerprint density at radius 3 is 2.54 bits per heavy atom. The van der Waals surface area contributed by atoms with E-state index in [1.165, 1.54) is 7.11 Å². The van der Waals surface area contributed by atoms with Crippen molar-refractivity contribution in [2.24, 2.45) is 5.92 Å². The van der Waals surface area contributed by atoms with Gasteiger partial charge in [0.05, 0.1) is 13.5 Å². The molecule has 2 atom stereocenters. The van der Waals surface area contributed by atoms with Crippen molar-refractivity contribution in [2.75, 3.05) is 33.8 Å². The monoisotopic (exact) mass is 390 g/mol. The van der Waals surface area contributed by atoms with Gasteiger partial charge in [-0.2, -0.15) is 0 Å². The molecule has 0 bridgehead atoms. The van der Waals surface area contributed by atoms with Crippen LogP contribution in [0.15, 0.2) is 30.3 Å². The summed E-state index contributed by atoms with van der Waals surface area (Å²) in [5.41, 5.74) is 0.606. The average molecular weight is 391 g/mol. The zero-order chi connectivity index (χ0) is 20.7. The highest BCUT2D eigenvalue weighted by Gasteiger charge is 2.30. The minimum atomic E-state index is -0.486. The third-order valence-corrected chi connectivity index (χ3v) is 5.02. The van der Waals surface area contributed by atoms with Gasteiger partial charge in [0.1, 0.15) is 5.60 Å². The van der Waals surface area contributed by atoms with Gasteiger partial charge in [0.2, 0.25) is 0 Å². The van der Waals surface area contributed by atoms with Crippen LogP contribution in [0.2, 0.25) is 0 Å². The molecule has 1 aliphatic heterocycles. The number of methoxy groups -OCH3 is 1. The number of hydrogen-bond acceptors (Lipinski definition) is 5. The fourth-order valence-corrected chi connectivity index (χ4v) is 3.69. The third-order valence-electron chi connectivity index (χ3n) is 5.02. The van der Waals surface area contributed by atoms with E-state index < -0.39 is 5.60 Å². The second-order valence-corrected chi connectivity index (χ2v) is 8.58. The smallest absolute Gasteiger partial charge is 0.410 e. The zero-order valence-electron chi connectivity index (χ0n) is 17.8. The summed E-state index contributed by atoms with van der Waals surface area (Å²) >= 11 is 0. The number of likely N-dealkylation sites (tertiary alicyclic amines) is 1. The molecule has 0 spiro atoms. The van der Waals surface area contributed by atoms with Crippen molar-refractivity contribution >= 4 is 12.1 Å². The van der Waals surface area contributed by atoms with Crippen molar-refractivity contribution in [3.63, 3.8) is 0 Å². The van der Waals surface area contributed by atoms with Crippen molar-refractivity contribution in [2.45, 2.75) is 51.7 Å². The van der Waals surface area contributed by atoms with Crippen molar-refractivity contribution in [1.82, 2.24) is 9.80 Å². The number of ether oxygens (including phenoxy) is 2. The van der Waals surface area contributed by atoms with E-state index in [9.17, 15) is 9.59 Å². The number of esters is 1. The first kappa shape index (κ1) is 22.2. The van der Waals surface area contributed by atoms with Crippen LogP contribution in [0.5, 0.6) is 0 Å². The van der Waals surface area contributed by atoms with Gasteiger partial charge in [0, 0.05) is 25.7 Å². The second kappa shape index (κ2) is 9.92. The quantitative estimate of drug-likeness (QED) is 0.690. The molecule has 0 saturated carbocycles. The van der Waals surface area contributed by atoms with Gasteiger partial charge in [-0.25, -0.2) is 4.79 Å². The van der Waals surface area contributed by atoms with Crippen LogP contribution in [-0.2, 0) is 14.3 Å². The molecule has 2 rings (SSSR count). The maximum atomic E-state index is 12.4. The Hall–Kier alpha value is -2.08. The van der Waals surface area contributed by atoms with E-state index in [1.54, 1.807) is 0 Å². The van der Waals surface area contributed by atoms with Gasteiger partial charge in [0.25, 0.3) is 0 Å². The Balaban J connectivity index is 2.02. The van der Waals surface area contributed by atoms with Crippen LogP contribution in [0.1, 0.15) is 51.6 Å². The van der Waals surface area contributed by atoms with Crippen LogP contribution in [0.25, 0.3) is 0 Å². The van der Waals surface area contributed by atoms with Crippen molar-refractivity contribution in [3.05, 3.63) is 35.9 Å². The van der Waals surface area contributed by atoms with Gasteiger partial charge in [-0.3, -0.25) is 9.69 Å². The SMILES string of the molecule is COC(=O)C[C@@H](c1ccccc1)N(C)C[C@@H]1CCCN(C(=O)OC(C)(C)C)C1. The molecule has 0 N–H and O–H groups in total. The summed E-state index contributed by atoms with van der Waals surface area (Å²) in [5, 5.41) is 0. The molecule has 0 aromatic heterocycles. The summed E-state index contributed by atoms with van der Waals surface area (Å²) in [6.07, 6.45) is 2.09. The molecule has 1 aromatic rings. The number of piperidine rings is 1. The minimum Gasteiger partial charge on any atom is -0.469 e. The largest absolute Gasteiger partial charge is 0.469 e. The number of rotatable bonds is 6. The summed E-state index contributed by atoms with van der Waals surface area (Å²) in [5.74, 6) is 0.120. The first-order valence-electron chi connectivity index (χ1n) is 9.99. The molecule has 1 aromatic carbocycles. The van der Waals surface area contributed by atoms with Crippen molar-refractivity contribution in [1.29, 1.82) is 0 Å². The molecular weight excluding hydrogens is 356 g/mol. The highest BCUT2D eigenvalue weighted by atomic mass is 16.6. The lowest BCUT2D eigenvalue weighted by atomic mass is 9.95. The van der Waals surface area contributed by atoms with Gasteiger partial charge in [0.15, 0.2) is 0 Å². The molecular formula is C22H34N2O4. The number of nitrogens with zero attached hydrogens (tertiary/aromatic N) is 2. The summed E-state index contributed by atoms with van der Waals surface area (Å²) in [6, 6.07) is 9.97. The van der Waals surface area contributed by atoms with E-state index in [0.717, 1.165) is 31.5 Å². The van der Waals surface area contributed by atoms with E-state index >= 15 is 0 Å². The maximum Gasteiger partial charge on any atom is 0.410 e. The van der Waals surface area contributed by atoms with Crippen molar-refractivity contribution < 1.29 is 19.1 Å². The Kier molecular flexibility index (Phi) is 7.87. The van der Waals surface area contributed by atoms with Gasteiger partial charge >= 0.3 is 12.1 Å². The summed E-state index contributed by atoms with van der Waals surface area (Å²) in [7, 11) is 3.46. The molecule has 0 aliphatic carbocycles. The highest BCUT2D eigenvalue weighted by molar-refractivity contribution is 5.70. The Morgan fingerprint density at radius 2 is 1.93 bits per heavy atom. The lowest BCUT2D eigenvalue weighted by Crippen LogP contribution is -2.45. The number of hydrogen-bond donors (Lipinski definition) is 0. The summed E-state index contributed by atoms with van der Waals surface area (Å²) in [6.45, 7) is 7.88. The fourth-order valence-electron chi connectivity index (χ4n) is 3.69. The predicted molar refractivity (Wildman–Crippen MR) is 109 cm³/mol. The topological polar surface area (TPSA) is 59.1 Å². The third kappa shape index (κ3) is 6.82. The molecule has 1 heterocycles. The maximum absolute atomic E-state index is 12.4.